The largest absolute Gasteiger partial charge is 0.398 e. The highest BCUT2D eigenvalue weighted by Crippen LogP contribution is 2.31. The molecule has 14 heavy (non-hydrogen) atoms. The lowest BCUT2D eigenvalue weighted by Gasteiger charge is -2.07. The molecule has 0 atom stereocenters. The number of rotatable bonds is 2. The first-order valence-electron chi connectivity index (χ1n) is 3.81. The SMILES string of the molecule is CC(=O)c1cc(Cl)c(C(F)F)cc1N. The molecule has 5 heteroatoms. The van der Waals surface area contributed by atoms with E-state index in [9.17, 15) is 13.6 Å². The minimum Gasteiger partial charge on any atom is -0.398 e. The lowest BCUT2D eigenvalue weighted by Crippen LogP contribution is -2.01. The van der Waals surface area contributed by atoms with Crippen molar-refractivity contribution in [2.24, 2.45) is 0 Å². The van der Waals surface area contributed by atoms with Crippen molar-refractivity contribution < 1.29 is 13.6 Å². The van der Waals surface area contributed by atoms with Crippen molar-refractivity contribution in [2.45, 2.75) is 13.3 Å². The lowest BCUT2D eigenvalue weighted by atomic mass is 10.1. The van der Waals surface area contributed by atoms with Gasteiger partial charge in [0.15, 0.2) is 5.78 Å². The molecular weight excluding hydrogens is 212 g/mol. The van der Waals surface area contributed by atoms with E-state index in [0.29, 0.717) is 0 Å². The third-order valence-corrected chi connectivity index (χ3v) is 2.11. The van der Waals surface area contributed by atoms with Crippen molar-refractivity contribution in [3.8, 4) is 0 Å². The van der Waals surface area contributed by atoms with Gasteiger partial charge in [-0.25, -0.2) is 8.78 Å². The molecule has 0 aromatic heterocycles. The molecule has 0 saturated heterocycles. The summed E-state index contributed by atoms with van der Waals surface area (Å²) in [4.78, 5) is 11.0. The fraction of sp³-hybridized carbons (Fsp3) is 0.222. The maximum Gasteiger partial charge on any atom is 0.265 e. The smallest absolute Gasteiger partial charge is 0.265 e. The summed E-state index contributed by atoms with van der Waals surface area (Å²) >= 11 is 5.55. The van der Waals surface area contributed by atoms with Gasteiger partial charge >= 0.3 is 0 Å². The molecule has 2 nitrogen and oxygen atoms in total. The van der Waals surface area contributed by atoms with E-state index < -0.39 is 6.43 Å². The van der Waals surface area contributed by atoms with Crippen molar-refractivity contribution >= 4 is 23.1 Å². The maximum atomic E-state index is 12.3. The van der Waals surface area contributed by atoms with Crippen LogP contribution >= 0.6 is 11.6 Å². The zero-order valence-electron chi connectivity index (χ0n) is 7.35. The number of carbonyl (C=O) groups excluding carboxylic acids is 1. The summed E-state index contributed by atoms with van der Waals surface area (Å²) in [6, 6.07) is 2.20. The van der Waals surface area contributed by atoms with Crippen LogP contribution in [-0.2, 0) is 0 Å². The standard InChI is InChI=1S/C9H8ClF2NO/c1-4(14)5-2-7(10)6(9(11)12)3-8(5)13/h2-3,9H,13H2,1H3. The van der Waals surface area contributed by atoms with Crippen LogP contribution in [0.25, 0.3) is 0 Å². The summed E-state index contributed by atoms with van der Waals surface area (Å²) in [5.74, 6) is -0.301. The molecular formula is C9H8ClF2NO. The highest BCUT2D eigenvalue weighted by atomic mass is 35.5. The Morgan fingerprint density at radius 1 is 1.50 bits per heavy atom. The van der Waals surface area contributed by atoms with Crippen LogP contribution in [0.4, 0.5) is 14.5 Å². The number of hydrogen-bond acceptors (Lipinski definition) is 2. The number of anilines is 1. The third kappa shape index (κ3) is 2.01. The molecule has 0 saturated carbocycles. The van der Waals surface area contributed by atoms with Crippen LogP contribution in [-0.4, -0.2) is 5.78 Å². The second kappa shape index (κ2) is 3.92. The Balaban J connectivity index is 3.31. The van der Waals surface area contributed by atoms with E-state index in [1.165, 1.54) is 13.0 Å². The molecule has 0 amide bonds. The van der Waals surface area contributed by atoms with Gasteiger partial charge in [0.05, 0.1) is 5.02 Å². The third-order valence-electron chi connectivity index (χ3n) is 1.78. The van der Waals surface area contributed by atoms with Crippen LogP contribution in [0, 0.1) is 0 Å². The Labute approximate surface area is 84.7 Å². The monoisotopic (exact) mass is 219 g/mol. The number of Topliss-reactive ketones (excluding diaryl/α,β-unsaturated/α-hetero) is 1. The van der Waals surface area contributed by atoms with Gasteiger partial charge in [-0.05, 0) is 19.1 Å². The van der Waals surface area contributed by atoms with Crippen molar-refractivity contribution in [1.82, 2.24) is 0 Å². The number of alkyl halides is 2. The van der Waals surface area contributed by atoms with Gasteiger partial charge in [-0.15, -0.1) is 0 Å². The van der Waals surface area contributed by atoms with E-state index >= 15 is 0 Å². The van der Waals surface area contributed by atoms with Crippen LogP contribution in [0.5, 0.6) is 0 Å². The molecule has 1 aromatic rings. The molecule has 0 heterocycles. The quantitative estimate of drug-likeness (QED) is 0.614. The first kappa shape index (κ1) is 10.9. The van der Waals surface area contributed by atoms with E-state index in [4.69, 9.17) is 17.3 Å². The predicted octanol–water partition coefficient (Wildman–Crippen LogP) is 3.06. The zero-order valence-corrected chi connectivity index (χ0v) is 8.11. The first-order chi connectivity index (χ1) is 6.43. The Kier molecular flexibility index (Phi) is 3.06. The van der Waals surface area contributed by atoms with Gasteiger partial charge in [0.1, 0.15) is 0 Å². The number of nitrogen functional groups attached to an aromatic ring is 1. The van der Waals surface area contributed by atoms with Crippen LogP contribution in [0.2, 0.25) is 5.02 Å². The Morgan fingerprint density at radius 2 is 2.07 bits per heavy atom. The van der Waals surface area contributed by atoms with Gasteiger partial charge in [0, 0.05) is 16.8 Å². The number of nitrogens with two attached hydrogens (primary N) is 1. The molecule has 0 bridgehead atoms. The summed E-state index contributed by atoms with van der Waals surface area (Å²) in [5.41, 5.74) is 5.25. The Hall–Kier alpha value is -1.16. The van der Waals surface area contributed by atoms with Crippen molar-refractivity contribution in [3.63, 3.8) is 0 Å². The zero-order chi connectivity index (χ0) is 10.9. The molecule has 0 fully saturated rings. The second-order valence-electron chi connectivity index (χ2n) is 2.82. The molecule has 76 valence electrons. The van der Waals surface area contributed by atoms with E-state index in [1.54, 1.807) is 0 Å². The number of hydrogen-bond donors (Lipinski definition) is 1. The normalized spacial score (nSPS) is 10.6. The first-order valence-corrected chi connectivity index (χ1v) is 4.19. The molecule has 0 radical (unpaired) electrons. The number of benzene rings is 1. The van der Waals surface area contributed by atoms with Gasteiger partial charge in [-0.1, -0.05) is 11.6 Å². The molecule has 0 spiro atoms. The number of carbonyl (C=O) groups is 1. The summed E-state index contributed by atoms with van der Waals surface area (Å²) in [6.07, 6.45) is -2.69. The van der Waals surface area contributed by atoms with Gasteiger partial charge in [0.25, 0.3) is 6.43 Å². The summed E-state index contributed by atoms with van der Waals surface area (Å²) < 4.78 is 24.6. The van der Waals surface area contributed by atoms with Crippen molar-refractivity contribution in [3.05, 3.63) is 28.3 Å². The van der Waals surface area contributed by atoms with Crippen molar-refractivity contribution in [1.29, 1.82) is 0 Å². The van der Waals surface area contributed by atoms with Crippen LogP contribution in [0.15, 0.2) is 12.1 Å². The van der Waals surface area contributed by atoms with Gasteiger partial charge in [0.2, 0.25) is 0 Å². The van der Waals surface area contributed by atoms with Crippen LogP contribution < -0.4 is 5.73 Å². The van der Waals surface area contributed by atoms with Gasteiger partial charge in [-0.3, -0.25) is 4.79 Å². The molecule has 0 unspecified atom stereocenters. The van der Waals surface area contributed by atoms with Gasteiger partial charge < -0.3 is 5.73 Å². The average molecular weight is 220 g/mol. The van der Waals surface area contributed by atoms with Crippen molar-refractivity contribution in [2.75, 3.05) is 5.73 Å². The molecule has 2 N–H and O–H groups in total. The van der Waals surface area contributed by atoms with Gasteiger partial charge in [-0.2, -0.15) is 0 Å². The van der Waals surface area contributed by atoms with Crippen LogP contribution in [0.1, 0.15) is 29.3 Å². The van der Waals surface area contributed by atoms with E-state index in [1.807, 2.05) is 0 Å². The summed E-state index contributed by atoms with van der Waals surface area (Å²) in [7, 11) is 0. The molecule has 1 rings (SSSR count). The number of ketones is 1. The highest BCUT2D eigenvalue weighted by Gasteiger charge is 2.16. The topological polar surface area (TPSA) is 43.1 Å². The summed E-state index contributed by atoms with van der Waals surface area (Å²) in [6.45, 7) is 1.30. The fourth-order valence-corrected chi connectivity index (χ4v) is 1.33. The van der Waals surface area contributed by atoms with E-state index in [0.717, 1.165) is 6.07 Å². The van der Waals surface area contributed by atoms with E-state index in [-0.39, 0.29) is 27.6 Å². The maximum absolute atomic E-state index is 12.3. The molecule has 1 aromatic carbocycles. The fourth-order valence-electron chi connectivity index (χ4n) is 1.08. The predicted molar refractivity (Wildman–Crippen MR) is 50.8 cm³/mol. The highest BCUT2D eigenvalue weighted by molar-refractivity contribution is 6.32. The molecule has 0 aliphatic heterocycles. The molecule has 0 aliphatic rings. The minimum absolute atomic E-state index is 0.0252. The lowest BCUT2D eigenvalue weighted by molar-refractivity contribution is 0.101. The second-order valence-corrected chi connectivity index (χ2v) is 3.23. The Bertz CT molecular complexity index is 379. The number of halogens is 3. The van der Waals surface area contributed by atoms with E-state index in [2.05, 4.69) is 0 Å². The average Bonchev–Trinajstić information content (AvgIpc) is 2.07. The Morgan fingerprint density at radius 3 is 2.50 bits per heavy atom. The minimum atomic E-state index is -2.69. The van der Waals surface area contributed by atoms with Crippen LogP contribution in [0.3, 0.4) is 0 Å². The molecule has 0 aliphatic carbocycles. The summed E-state index contributed by atoms with van der Waals surface area (Å²) in [5, 5.41) is -0.139.